The van der Waals surface area contributed by atoms with E-state index in [9.17, 15) is 4.39 Å². The highest BCUT2D eigenvalue weighted by Crippen LogP contribution is 2.11. The summed E-state index contributed by atoms with van der Waals surface area (Å²) in [4.78, 5) is 4.06. The van der Waals surface area contributed by atoms with Gasteiger partial charge >= 0.3 is 0 Å². The molecule has 0 amide bonds. The lowest BCUT2D eigenvalue weighted by Gasteiger charge is -2.11. The van der Waals surface area contributed by atoms with Gasteiger partial charge in [0.1, 0.15) is 5.82 Å². The smallest absolute Gasteiger partial charge is 0.191 e. The fourth-order valence-corrected chi connectivity index (χ4v) is 1.58. The number of halogens is 2. The molecule has 1 aromatic rings. The molecule has 0 fully saturated rings. The van der Waals surface area contributed by atoms with E-state index >= 15 is 0 Å². The van der Waals surface area contributed by atoms with Crippen molar-refractivity contribution < 1.29 is 9.13 Å². The molecule has 0 bridgehead atoms. The van der Waals surface area contributed by atoms with Crippen LogP contribution in [0.3, 0.4) is 0 Å². The van der Waals surface area contributed by atoms with Crippen LogP contribution in [0.15, 0.2) is 35.8 Å². The first kappa shape index (κ1) is 18.9. The minimum atomic E-state index is -0.250. The standard InChI is InChI=1S/C14H20FN3O.HI/c1-4-7-17-14(16-2)18-9-11-5-6-13(15)12(8-11)10-19-3;/h4-6,8H,1,7,9-10H2,2-3H3,(H2,16,17,18);1H. The van der Waals surface area contributed by atoms with Crippen molar-refractivity contribution in [3.8, 4) is 0 Å². The molecule has 112 valence electrons. The SMILES string of the molecule is C=CCNC(=NC)NCc1ccc(F)c(COC)c1.I. The number of hydrogen-bond acceptors (Lipinski definition) is 2. The van der Waals surface area contributed by atoms with Gasteiger partial charge in [-0.2, -0.15) is 0 Å². The van der Waals surface area contributed by atoms with E-state index in [-0.39, 0.29) is 36.4 Å². The molecular formula is C14H21FIN3O. The minimum absolute atomic E-state index is 0. The van der Waals surface area contributed by atoms with Gasteiger partial charge in [0.05, 0.1) is 6.61 Å². The normalized spacial score (nSPS) is 10.7. The zero-order valence-electron chi connectivity index (χ0n) is 11.8. The number of nitrogens with zero attached hydrogens (tertiary/aromatic N) is 1. The first-order chi connectivity index (χ1) is 9.21. The second-order valence-corrected chi connectivity index (χ2v) is 3.95. The zero-order valence-corrected chi connectivity index (χ0v) is 14.1. The number of nitrogens with one attached hydrogen (secondary N) is 2. The predicted octanol–water partition coefficient (Wildman–Crippen LogP) is 2.44. The fraction of sp³-hybridized carbons (Fsp3) is 0.357. The van der Waals surface area contributed by atoms with Gasteiger partial charge in [-0.25, -0.2) is 4.39 Å². The molecule has 4 nitrogen and oxygen atoms in total. The fourth-order valence-electron chi connectivity index (χ4n) is 1.58. The average Bonchev–Trinajstić information content (AvgIpc) is 2.42. The molecule has 0 aromatic heterocycles. The Kier molecular flexibility index (Phi) is 10.0. The van der Waals surface area contributed by atoms with Crippen LogP contribution in [0.1, 0.15) is 11.1 Å². The Morgan fingerprint density at radius 3 is 2.80 bits per heavy atom. The van der Waals surface area contributed by atoms with Crippen molar-refractivity contribution in [2.75, 3.05) is 20.7 Å². The van der Waals surface area contributed by atoms with Crippen LogP contribution in [0, 0.1) is 5.82 Å². The van der Waals surface area contributed by atoms with Gasteiger partial charge in [0.15, 0.2) is 5.96 Å². The maximum Gasteiger partial charge on any atom is 0.191 e. The molecule has 0 spiro atoms. The molecule has 0 aliphatic rings. The maximum atomic E-state index is 13.4. The van der Waals surface area contributed by atoms with Gasteiger partial charge < -0.3 is 15.4 Å². The molecule has 0 unspecified atom stereocenters. The number of benzene rings is 1. The zero-order chi connectivity index (χ0) is 14.1. The van der Waals surface area contributed by atoms with Crippen molar-refractivity contribution in [1.82, 2.24) is 10.6 Å². The van der Waals surface area contributed by atoms with E-state index in [0.717, 1.165) is 5.56 Å². The molecule has 0 heterocycles. The molecule has 6 heteroatoms. The second kappa shape index (κ2) is 10.6. The predicted molar refractivity (Wildman–Crippen MR) is 90.9 cm³/mol. The third-order valence-electron chi connectivity index (χ3n) is 2.51. The number of methoxy groups -OCH3 is 1. The third-order valence-corrected chi connectivity index (χ3v) is 2.51. The Balaban J connectivity index is 0.00000361. The summed E-state index contributed by atoms with van der Waals surface area (Å²) in [5.74, 6) is 0.428. The minimum Gasteiger partial charge on any atom is -0.380 e. The average molecular weight is 393 g/mol. The molecule has 2 N–H and O–H groups in total. The molecule has 1 aromatic carbocycles. The van der Waals surface area contributed by atoms with Crippen LogP contribution >= 0.6 is 24.0 Å². The summed E-state index contributed by atoms with van der Waals surface area (Å²) in [5, 5.41) is 6.20. The van der Waals surface area contributed by atoms with Gasteiger partial charge in [0.2, 0.25) is 0 Å². The lowest BCUT2D eigenvalue weighted by Crippen LogP contribution is -2.36. The Labute approximate surface area is 136 Å². The third kappa shape index (κ3) is 6.33. The molecule has 0 aliphatic carbocycles. The Morgan fingerprint density at radius 1 is 1.45 bits per heavy atom. The van der Waals surface area contributed by atoms with Crippen molar-refractivity contribution in [2.24, 2.45) is 4.99 Å². The van der Waals surface area contributed by atoms with Gasteiger partial charge in [-0.15, -0.1) is 30.6 Å². The topological polar surface area (TPSA) is 45.7 Å². The van der Waals surface area contributed by atoms with E-state index in [2.05, 4.69) is 22.2 Å². The number of rotatable bonds is 6. The quantitative estimate of drug-likeness (QED) is 0.338. The van der Waals surface area contributed by atoms with Gasteiger partial charge in [-0.3, -0.25) is 4.99 Å². The summed E-state index contributed by atoms with van der Waals surface area (Å²) in [6.07, 6.45) is 1.75. The summed E-state index contributed by atoms with van der Waals surface area (Å²) in [7, 11) is 3.24. The summed E-state index contributed by atoms with van der Waals surface area (Å²) in [5.41, 5.74) is 1.52. The Hall–Kier alpha value is -1.15. The van der Waals surface area contributed by atoms with Crippen LogP contribution < -0.4 is 10.6 Å². The van der Waals surface area contributed by atoms with Crippen LogP contribution in [0.25, 0.3) is 0 Å². The number of guanidine groups is 1. The first-order valence-corrected chi connectivity index (χ1v) is 6.03. The lowest BCUT2D eigenvalue weighted by molar-refractivity contribution is 0.181. The van der Waals surface area contributed by atoms with Crippen molar-refractivity contribution >= 4 is 29.9 Å². The first-order valence-electron chi connectivity index (χ1n) is 6.03. The van der Waals surface area contributed by atoms with Crippen LogP contribution in [0.2, 0.25) is 0 Å². The molecule has 0 saturated heterocycles. The highest BCUT2D eigenvalue weighted by Gasteiger charge is 2.04. The number of ether oxygens (including phenoxy) is 1. The van der Waals surface area contributed by atoms with Crippen LogP contribution in [0.5, 0.6) is 0 Å². The monoisotopic (exact) mass is 393 g/mol. The van der Waals surface area contributed by atoms with Crippen molar-refractivity contribution in [1.29, 1.82) is 0 Å². The molecule has 0 aliphatic heterocycles. The highest BCUT2D eigenvalue weighted by molar-refractivity contribution is 14.0. The largest absolute Gasteiger partial charge is 0.380 e. The van der Waals surface area contributed by atoms with Crippen molar-refractivity contribution in [3.05, 3.63) is 47.8 Å². The van der Waals surface area contributed by atoms with Gasteiger partial charge in [-0.05, 0) is 17.7 Å². The summed E-state index contributed by atoms with van der Waals surface area (Å²) < 4.78 is 18.4. The van der Waals surface area contributed by atoms with Gasteiger partial charge in [-0.1, -0.05) is 12.1 Å². The van der Waals surface area contributed by atoms with E-state index in [4.69, 9.17) is 4.74 Å². The van der Waals surface area contributed by atoms with Crippen LogP contribution in [-0.2, 0) is 17.9 Å². The van der Waals surface area contributed by atoms with E-state index in [0.29, 0.717) is 24.6 Å². The van der Waals surface area contributed by atoms with Gasteiger partial charge in [0.25, 0.3) is 0 Å². The van der Waals surface area contributed by atoms with E-state index in [1.807, 2.05) is 0 Å². The summed E-state index contributed by atoms with van der Waals surface area (Å²) in [6, 6.07) is 4.97. The second-order valence-electron chi connectivity index (χ2n) is 3.95. The molecular weight excluding hydrogens is 372 g/mol. The molecule has 0 saturated carbocycles. The van der Waals surface area contributed by atoms with Crippen LogP contribution in [-0.4, -0.2) is 26.7 Å². The molecule has 0 radical (unpaired) electrons. The van der Waals surface area contributed by atoms with Gasteiger partial charge in [0, 0.05) is 32.8 Å². The highest BCUT2D eigenvalue weighted by atomic mass is 127. The maximum absolute atomic E-state index is 13.4. The Morgan fingerprint density at radius 2 is 2.20 bits per heavy atom. The number of hydrogen-bond donors (Lipinski definition) is 2. The van der Waals surface area contributed by atoms with E-state index < -0.39 is 0 Å². The Bertz CT molecular complexity index is 452. The van der Waals surface area contributed by atoms with Crippen LogP contribution in [0.4, 0.5) is 4.39 Å². The summed E-state index contributed by atoms with van der Waals surface area (Å²) >= 11 is 0. The lowest BCUT2D eigenvalue weighted by atomic mass is 10.1. The van der Waals surface area contributed by atoms with Crippen molar-refractivity contribution in [3.63, 3.8) is 0 Å². The molecule has 0 atom stereocenters. The van der Waals surface area contributed by atoms with Crippen molar-refractivity contribution in [2.45, 2.75) is 13.2 Å². The van der Waals surface area contributed by atoms with E-state index in [1.54, 1.807) is 32.4 Å². The molecule has 1 rings (SSSR count). The number of aliphatic imine (C=N–C) groups is 1. The molecule has 20 heavy (non-hydrogen) atoms. The summed E-state index contributed by atoms with van der Waals surface area (Å²) in [6.45, 7) is 5.09. The van der Waals surface area contributed by atoms with E-state index in [1.165, 1.54) is 6.07 Å².